The molecule has 1 aromatic carbocycles. The first kappa shape index (κ1) is 17.3. The average molecular weight is 317 g/mol. The number of rotatable bonds is 6. The summed E-state index contributed by atoms with van der Waals surface area (Å²) in [5.41, 5.74) is 1.49. The number of carbonyl (C=O) groups is 2. The maximum Gasteiger partial charge on any atom is 0.251 e. The molecule has 126 valence electrons. The number of benzene rings is 1. The van der Waals surface area contributed by atoms with Crippen molar-refractivity contribution < 1.29 is 9.59 Å². The second kappa shape index (κ2) is 8.56. The number of anilines is 1. The van der Waals surface area contributed by atoms with Gasteiger partial charge in [-0.05, 0) is 56.9 Å². The quantitative estimate of drug-likeness (QED) is 0.848. The van der Waals surface area contributed by atoms with Gasteiger partial charge in [0, 0.05) is 30.4 Å². The molecule has 0 spiro atoms. The van der Waals surface area contributed by atoms with Crippen LogP contribution in [0.25, 0.3) is 0 Å². The highest BCUT2D eigenvalue weighted by molar-refractivity contribution is 5.94. The molecule has 23 heavy (non-hydrogen) atoms. The van der Waals surface area contributed by atoms with Crippen LogP contribution in [0.15, 0.2) is 24.3 Å². The minimum atomic E-state index is -0.0599. The van der Waals surface area contributed by atoms with Crippen LogP contribution in [0.4, 0.5) is 5.69 Å². The highest BCUT2D eigenvalue weighted by Gasteiger charge is 2.16. The molecule has 0 saturated carbocycles. The zero-order chi connectivity index (χ0) is 16.7. The summed E-state index contributed by atoms with van der Waals surface area (Å²) in [6.07, 6.45) is 4.33. The summed E-state index contributed by atoms with van der Waals surface area (Å²) in [7, 11) is 0. The van der Waals surface area contributed by atoms with Crippen molar-refractivity contribution in [3.8, 4) is 0 Å². The Hall–Kier alpha value is -2.04. The Bertz CT molecular complexity index is 522. The number of nitrogens with zero attached hydrogens (tertiary/aromatic N) is 1. The SMILES string of the molecule is CCC(C)NC(=O)c1ccc(NCC(=O)N2CCCCC2)cc1. The van der Waals surface area contributed by atoms with Crippen molar-refractivity contribution in [1.82, 2.24) is 10.2 Å². The van der Waals surface area contributed by atoms with Crippen LogP contribution in [0.5, 0.6) is 0 Å². The molecule has 1 atom stereocenters. The van der Waals surface area contributed by atoms with Gasteiger partial charge in [-0.1, -0.05) is 6.92 Å². The Morgan fingerprint density at radius 1 is 1.13 bits per heavy atom. The molecule has 1 saturated heterocycles. The average Bonchev–Trinajstić information content (AvgIpc) is 2.60. The van der Waals surface area contributed by atoms with Crippen molar-refractivity contribution >= 4 is 17.5 Å². The minimum absolute atomic E-state index is 0.0599. The molecule has 1 aromatic rings. The highest BCUT2D eigenvalue weighted by atomic mass is 16.2. The van der Waals surface area contributed by atoms with Crippen LogP contribution < -0.4 is 10.6 Å². The Labute approximate surface area is 138 Å². The molecule has 0 radical (unpaired) electrons. The van der Waals surface area contributed by atoms with Crippen LogP contribution in [0.2, 0.25) is 0 Å². The molecule has 1 unspecified atom stereocenters. The number of carbonyl (C=O) groups excluding carboxylic acids is 2. The molecule has 5 nitrogen and oxygen atoms in total. The molecule has 1 aliphatic heterocycles. The molecule has 1 fully saturated rings. The number of hydrogen-bond acceptors (Lipinski definition) is 3. The summed E-state index contributed by atoms with van der Waals surface area (Å²) in [5, 5.41) is 6.08. The lowest BCUT2D eigenvalue weighted by Crippen LogP contribution is -2.39. The van der Waals surface area contributed by atoms with E-state index in [1.807, 2.05) is 30.9 Å². The van der Waals surface area contributed by atoms with Gasteiger partial charge in [0.05, 0.1) is 6.54 Å². The van der Waals surface area contributed by atoms with Crippen molar-refractivity contribution in [3.63, 3.8) is 0 Å². The Balaban J connectivity index is 1.82. The number of nitrogens with one attached hydrogen (secondary N) is 2. The molecule has 2 amide bonds. The third kappa shape index (κ3) is 5.27. The Morgan fingerprint density at radius 3 is 2.39 bits per heavy atom. The minimum Gasteiger partial charge on any atom is -0.376 e. The van der Waals surface area contributed by atoms with Crippen LogP contribution in [0, 0.1) is 0 Å². The van der Waals surface area contributed by atoms with E-state index in [-0.39, 0.29) is 17.9 Å². The van der Waals surface area contributed by atoms with E-state index in [1.54, 1.807) is 12.1 Å². The molecule has 1 heterocycles. The summed E-state index contributed by atoms with van der Waals surface area (Å²) in [6, 6.07) is 7.42. The van der Waals surface area contributed by atoms with Crippen molar-refractivity contribution in [3.05, 3.63) is 29.8 Å². The van der Waals surface area contributed by atoms with Gasteiger partial charge in [0.15, 0.2) is 0 Å². The third-order valence-electron chi connectivity index (χ3n) is 4.29. The third-order valence-corrected chi connectivity index (χ3v) is 4.29. The van der Waals surface area contributed by atoms with E-state index in [9.17, 15) is 9.59 Å². The smallest absolute Gasteiger partial charge is 0.251 e. The standard InChI is InChI=1S/C18H27N3O2/c1-3-14(2)20-18(23)15-7-9-16(10-8-15)19-13-17(22)21-11-5-4-6-12-21/h7-10,14,19H,3-6,11-13H2,1-2H3,(H,20,23). The number of hydrogen-bond donors (Lipinski definition) is 2. The van der Waals surface area contributed by atoms with E-state index in [0.29, 0.717) is 12.1 Å². The van der Waals surface area contributed by atoms with Gasteiger partial charge in [0.25, 0.3) is 5.91 Å². The fraction of sp³-hybridized carbons (Fsp3) is 0.556. The van der Waals surface area contributed by atoms with Crippen LogP contribution in [0.3, 0.4) is 0 Å². The van der Waals surface area contributed by atoms with E-state index in [0.717, 1.165) is 38.0 Å². The van der Waals surface area contributed by atoms with Gasteiger partial charge in [-0.2, -0.15) is 0 Å². The van der Waals surface area contributed by atoms with E-state index in [1.165, 1.54) is 6.42 Å². The summed E-state index contributed by atoms with van der Waals surface area (Å²) in [6.45, 7) is 6.07. The predicted molar refractivity (Wildman–Crippen MR) is 92.6 cm³/mol. The fourth-order valence-corrected chi connectivity index (χ4v) is 2.58. The lowest BCUT2D eigenvalue weighted by Gasteiger charge is -2.26. The lowest BCUT2D eigenvalue weighted by atomic mass is 10.1. The summed E-state index contributed by atoms with van der Waals surface area (Å²) >= 11 is 0. The first-order valence-electron chi connectivity index (χ1n) is 8.52. The summed E-state index contributed by atoms with van der Waals surface area (Å²) in [4.78, 5) is 26.0. The van der Waals surface area contributed by atoms with E-state index in [4.69, 9.17) is 0 Å². The maximum atomic E-state index is 12.1. The maximum absolute atomic E-state index is 12.1. The van der Waals surface area contributed by atoms with Crippen LogP contribution >= 0.6 is 0 Å². The molecule has 0 aliphatic carbocycles. The van der Waals surface area contributed by atoms with Crippen LogP contribution in [-0.4, -0.2) is 42.4 Å². The monoisotopic (exact) mass is 317 g/mol. The molecule has 5 heteroatoms. The number of likely N-dealkylation sites (tertiary alicyclic amines) is 1. The lowest BCUT2D eigenvalue weighted by molar-refractivity contribution is -0.130. The first-order valence-corrected chi connectivity index (χ1v) is 8.52. The van der Waals surface area contributed by atoms with Crippen molar-refractivity contribution in [1.29, 1.82) is 0 Å². The highest BCUT2D eigenvalue weighted by Crippen LogP contribution is 2.12. The molecular formula is C18H27N3O2. The van der Waals surface area contributed by atoms with E-state index < -0.39 is 0 Å². The van der Waals surface area contributed by atoms with Gasteiger partial charge >= 0.3 is 0 Å². The Kier molecular flexibility index (Phi) is 6.44. The van der Waals surface area contributed by atoms with Crippen molar-refractivity contribution in [2.45, 2.75) is 45.6 Å². The number of piperidine rings is 1. The van der Waals surface area contributed by atoms with E-state index >= 15 is 0 Å². The molecular weight excluding hydrogens is 290 g/mol. The second-order valence-electron chi connectivity index (χ2n) is 6.16. The van der Waals surface area contributed by atoms with Crippen molar-refractivity contribution in [2.24, 2.45) is 0 Å². The van der Waals surface area contributed by atoms with Crippen LogP contribution in [-0.2, 0) is 4.79 Å². The molecule has 0 aromatic heterocycles. The van der Waals surface area contributed by atoms with Crippen LogP contribution in [0.1, 0.15) is 49.9 Å². The van der Waals surface area contributed by atoms with Gasteiger partial charge in [-0.15, -0.1) is 0 Å². The fourth-order valence-electron chi connectivity index (χ4n) is 2.58. The Morgan fingerprint density at radius 2 is 1.78 bits per heavy atom. The molecule has 1 aliphatic rings. The van der Waals surface area contributed by atoms with Crippen molar-refractivity contribution in [2.75, 3.05) is 25.0 Å². The normalized spacial score (nSPS) is 15.8. The summed E-state index contributed by atoms with van der Waals surface area (Å²) < 4.78 is 0. The zero-order valence-corrected chi connectivity index (χ0v) is 14.1. The van der Waals surface area contributed by atoms with Gasteiger partial charge in [0.2, 0.25) is 5.91 Å². The predicted octanol–water partition coefficient (Wildman–Crippen LogP) is 2.64. The van der Waals surface area contributed by atoms with Gasteiger partial charge in [0.1, 0.15) is 0 Å². The first-order chi connectivity index (χ1) is 11.1. The largest absolute Gasteiger partial charge is 0.376 e. The summed E-state index contributed by atoms with van der Waals surface area (Å²) in [5.74, 6) is 0.0820. The van der Waals surface area contributed by atoms with Gasteiger partial charge in [-0.25, -0.2) is 0 Å². The topological polar surface area (TPSA) is 61.4 Å². The second-order valence-corrected chi connectivity index (χ2v) is 6.16. The molecule has 0 bridgehead atoms. The molecule has 2 N–H and O–H groups in total. The van der Waals surface area contributed by atoms with Gasteiger partial charge in [-0.3, -0.25) is 9.59 Å². The van der Waals surface area contributed by atoms with E-state index in [2.05, 4.69) is 10.6 Å². The number of amides is 2. The van der Waals surface area contributed by atoms with Gasteiger partial charge < -0.3 is 15.5 Å². The zero-order valence-electron chi connectivity index (χ0n) is 14.1. The molecule has 2 rings (SSSR count).